The molecule has 2 aromatic carbocycles. The number of nitrogens with zero attached hydrogens (tertiary/aromatic N) is 2. The van der Waals surface area contributed by atoms with E-state index in [0.717, 1.165) is 44.1 Å². The maximum atomic E-state index is 12.8. The number of aryl methyl sites for hydroxylation is 1. The van der Waals surface area contributed by atoms with Gasteiger partial charge in [-0.1, -0.05) is 18.2 Å². The number of fused-ring (bicyclic) bond motifs is 1. The van der Waals surface area contributed by atoms with Crippen molar-refractivity contribution in [2.75, 3.05) is 10.6 Å². The molecule has 5 nitrogen and oxygen atoms in total. The molecule has 3 aromatic heterocycles. The van der Waals surface area contributed by atoms with Gasteiger partial charge >= 0.3 is 0 Å². The first-order chi connectivity index (χ1) is 15.7. The van der Waals surface area contributed by atoms with Crippen molar-refractivity contribution in [3.8, 4) is 11.3 Å². The fraction of sp³-hybridized carbons (Fsp3) is 0.0385. The molecule has 0 saturated carbocycles. The van der Waals surface area contributed by atoms with E-state index in [1.165, 1.54) is 0 Å². The Balaban J connectivity index is 1.44. The minimum absolute atomic E-state index is 0.146. The highest BCUT2D eigenvalue weighted by Crippen LogP contribution is 2.33. The highest BCUT2D eigenvalue weighted by atomic mass is 32.1. The van der Waals surface area contributed by atoms with Crippen LogP contribution in [0, 0.1) is 6.92 Å². The van der Waals surface area contributed by atoms with Gasteiger partial charge in [0.15, 0.2) is 0 Å². The SMILES string of the molecule is Cc1cccc(NC(=O)c2cccc(Nc3cc(-c4ccncc4)nc4sccc34)c2)c1. The number of nitrogens with one attached hydrogen (secondary N) is 2. The van der Waals surface area contributed by atoms with Crippen LogP contribution in [-0.4, -0.2) is 15.9 Å². The second kappa shape index (κ2) is 8.61. The third kappa shape index (κ3) is 4.22. The zero-order valence-electron chi connectivity index (χ0n) is 17.4. The van der Waals surface area contributed by atoms with E-state index in [1.807, 2.05) is 79.0 Å². The highest BCUT2D eigenvalue weighted by Gasteiger charge is 2.11. The largest absolute Gasteiger partial charge is 0.355 e. The average molecular weight is 437 g/mol. The Morgan fingerprint density at radius 1 is 0.906 bits per heavy atom. The topological polar surface area (TPSA) is 66.9 Å². The van der Waals surface area contributed by atoms with Gasteiger partial charge in [-0.25, -0.2) is 4.98 Å². The van der Waals surface area contributed by atoms with Gasteiger partial charge in [-0.2, -0.15) is 0 Å². The zero-order valence-corrected chi connectivity index (χ0v) is 18.2. The molecule has 0 spiro atoms. The molecule has 0 radical (unpaired) electrons. The lowest BCUT2D eigenvalue weighted by Gasteiger charge is -2.12. The predicted molar refractivity (Wildman–Crippen MR) is 132 cm³/mol. The van der Waals surface area contributed by atoms with Crippen molar-refractivity contribution in [2.24, 2.45) is 0 Å². The normalized spacial score (nSPS) is 10.8. The summed E-state index contributed by atoms with van der Waals surface area (Å²) in [6.45, 7) is 2.00. The lowest BCUT2D eigenvalue weighted by molar-refractivity contribution is 0.102. The third-order valence-corrected chi connectivity index (χ3v) is 5.90. The Bertz CT molecular complexity index is 1410. The molecule has 32 heavy (non-hydrogen) atoms. The van der Waals surface area contributed by atoms with E-state index in [1.54, 1.807) is 23.7 Å². The monoisotopic (exact) mass is 436 g/mol. The molecular weight excluding hydrogens is 416 g/mol. The van der Waals surface area contributed by atoms with Gasteiger partial charge in [-0.15, -0.1) is 11.3 Å². The Morgan fingerprint density at radius 3 is 2.56 bits per heavy atom. The van der Waals surface area contributed by atoms with E-state index in [2.05, 4.69) is 21.7 Å². The summed E-state index contributed by atoms with van der Waals surface area (Å²) in [5, 5.41) is 9.52. The summed E-state index contributed by atoms with van der Waals surface area (Å²) in [6, 6.07) is 23.2. The maximum Gasteiger partial charge on any atom is 0.255 e. The van der Waals surface area contributed by atoms with Gasteiger partial charge in [0.2, 0.25) is 0 Å². The van der Waals surface area contributed by atoms with Crippen LogP contribution >= 0.6 is 11.3 Å². The number of benzene rings is 2. The van der Waals surface area contributed by atoms with E-state index in [0.29, 0.717) is 5.56 Å². The van der Waals surface area contributed by atoms with E-state index >= 15 is 0 Å². The van der Waals surface area contributed by atoms with E-state index in [-0.39, 0.29) is 5.91 Å². The Labute approximate surface area is 189 Å². The van der Waals surface area contributed by atoms with Crippen LogP contribution in [0.5, 0.6) is 0 Å². The summed E-state index contributed by atoms with van der Waals surface area (Å²) in [5.74, 6) is -0.146. The minimum atomic E-state index is -0.146. The number of pyridine rings is 2. The van der Waals surface area contributed by atoms with E-state index < -0.39 is 0 Å². The second-order valence-corrected chi connectivity index (χ2v) is 8.35. The molecule has 0 bridgehead atoms. The molecule has 0 aliphatic carbocycles. The number of thiophene rings is 1. The van der Waals surface area contributed by atoms with Gasteiger partial charge in [0.05, 0.1) is 11.4 Å². The van der Waals surface area contributed by atoms with Crippen LogP contribution in [0.25, 0.3) is 21.5 Å². The van der Waals surface area contributed by atoms with Crippen LogP contribution in [0.4, 0.5) is 17.1 Å². The molecule has 5 aromatic rings. The second-order valence-electron chi connectivity index (χ2n) is 7.46. The van der Waals surface area contributed by atoms with Crippen molar-refractivity contribution >= 4 is 44.5 Å². The van der Waals surface area contributed by atoms with Crippen LogP contribution in [0.1, 0.15) is 15.9 Å². The van der Waals surface area contributed by atoms with Crippen LogP contribution in [-0.2, 0) is 0 Å². The molecular formula is C26H20N4OS. The molecule has 6 heteroatoms. The molecule has 156 valence electrons. The predicted octanol–water partition coefficient (Wildman–Crippen LogP) is 6.66. The van der Waals surface area contributed by atoms with Gasteiger partial charge in [0.25, 0.3) is 5.91 Å². The molecule has 5 rings (SSSR count). The van der Waals surface area contributed by atoms with Crippen molar-refractivity contribution in [1.29, 1.82) is 0 Å². The van der Waals surface area contributed by atoms with E-state index in [9.17, 15) is 4.79 Å². The van der Waals surface area contributed by atoms with Crippen molar-refractivity contribution in [3.63, 3.8) is 0 Å². The van der Waals surface area contributed by atoms with Crippen LogP contribution in [0.3, 0.4) is 0 Å². The number of rotatable bonds is 5. The third-order valence-electron chi connectivity index (χ3n) is 5.09. The Hall–Kier alpha value is -4.03. The maximum absolute atomic E-state index is 12.8. The number of hydrogen-bond donors (Lipinski definition) is 2. The number of carbonyl (C=O) groups is 1. The minimum Gasteiger partial charge on any atom is -0.355 e. The first-order valence-electron chi connectivity index (χ1n) is 10.2. The zero-order chi connectivity index (χ0) is 21.9. The first-order valence-corrected chi connectivity index (χ1v) is 11.1. The molecule has 3 heterocycles. The Kier molecular flexibility index (Phi) is 5.35. The number of anilines is 3. The smallest absolute Gasteiger partial charge is 0.255 e. The summed E-state index contributed by atoms with van der Waals surface area (Å²) < 4.78 is 0. The molecule has 0 unspecified atom stereocenters. The van der Waals surface area contributed by atoms with Gasteiger partial charge in [0.1, 0.15) is 4.83 Å². The van der Waals surface area contributed by atoms with Crippen molar-refractivity contribution in [1.82, 2.24) is 9.97 Å². The summed E-state index contributed by atoms with van der Waals surface area (Å²) in [7, 11) is 0. The van der Waals surface area contributed by atoms with Gasteiger partial charge in [0, 0.05) is 40.3 Å². The molecule has 0 atom stereocenters. The average Bonchev–Trinajstić information content (AvgIpc) is 3.29. The summed E-state index contributed by atoms with van der Waals surface area (Å²) in [5.41, 5.74) is 6.12. The van der Waals surface area contributed by atoms with Gasteiger partial charge in [-0.05, 0) is 72.5 Å². The molecule has 1 amide bonds. The standard InChI is InChI=1S/C26H20N4OS/c1-17-4-2-6-20(14-17)29-25(31)19-5-3-7-21(15-19)28-24-16-23(18-8-11-27-12-9-18)30-26-22(24)10-13-32-26/h2-16H,1H3,(H,28,30)(H,29,31). The number of amides is 1. The van der Waals surface area contributed by atoms with Crippen LogP contribution in [0.2, 0.25) is 0 Å². The van der Waals surface area contributed by atoms with Crippen molar-refractivity contribution in [2.45, 2.75) is 6.92 Å². The first kappa shape index (κ1) is 19.9. The summed E-state index contributed by atoms with van der Waals surface area (Å²) in [6.07, 6.45) is 3.53. The number of hydrogen-bond acceptors (Lipinski definition) is 5. The highest BCUT2D eigenvalue weighted by molar-refractivity contribution is 7.16. The van der Waals surface area contributed by atoms with Crippen LogP contribution < -0.4 is 10.6 Å². The fourth-order valence-electron chi connectivity index (χ4n) is 3.54. The van der Waals surface area contributed by atoms with Gasteiger partial charge in [-0.3, -0.25) is 9.78 Å². The van der Waals surface area contributed by atoms with E-state index in [4.69, 9.17) is 4.98 Å². The lowest BCUT2D eigenvalue weighted by atomic mass is 10.1. The fourth-order valence-corrected chi connectivity index (χ4v) is 4.33. The molecule has 0 aliphatic heterocycles. The molecule has 0 fully saturated rings. The van der Waals surface area contributed by atoms with Crippen LogP contribution in [0.15, 0.2) is 90.6 Å². The quantitative estimate of drug-likeness (QED) is 0.323. The molecule has 0 saturated heterocycles. The van der Waals surface area contributed by atoms with Crippen molar-refractivity contribution in [3.05, 3.63) is 102 Å². The molecule has 0 aliphatic rings. The summed E-state index contributed by atoms with van der Waals surface area (Å²) in [4.78, 5) is 22.6. The number of carbonyl (C=O) groups excluding carboxylic acids is 1. The lowest BCUT2D eigenvalue weighted by Crippen LogP contribution is -2.12. The number of aromatic nitrogens is 2. The molecule has 2 N–H and O–H groups in total. The van der Waals surface area contributed by atoms with Gasteiger partial charge < -0.3 is 10.6 Å². The summed E-state index contributed by atoms with van der Waals surface area (Å²) >= 11 is 1.60. The Morgan fingerprint density at radius 2 is 1.72 bits per heavy atom. The van der Waals surface area contributed by atoms with Crippen molar-refractivity contribution < 1.29 is 4.79 Å².